The number of amides is 1. The number of nitrogens with one attached hydrogen (secondary N) is 1. The SMILES string of the molecule is CC(C)[C@@H]1COCc2cn(nn2)CC[C@@H](Cc2ccc(-c3ccccc3)cc2)C(=O)N1. The van der Waals surface area contributed by atoms with E-state index in [9.17, 15) is 4.79 Å². The minimum atomic E-state index is -0.143. The van der Waals surface area contributed by atoms with E-state index < -0.39 is 0 Å². The maximum absolute atomic E-state index is 13.2. The van der Waals surface area contributed by atoms with Gasteiger partial charge in [0.2, 0.25) is 5.91 Å². The molecule has 3 aromatic rings. The number of hydrogen-bond donors (Lipinski definition) is 1. The van der Waals surface area contributed by atoms with Crippen molar-refractivity contribution in [1.82, 2.24) is 20.3 Å². The molecule has 0 unspecified atom stereocenters. The van der Waals surface area contributed by atoms with Gasteiger partial charge in [0, 0.05) is 12.5 Å². The molecule has 2 bridgehead atoms. The number of carbonyl (C=O) groups is 1. The Hall–Kier alpha value is -2.99. The van der Waals surface area contributed by atoms with Gasteiger partial charge >= 0.3 is 0 Å². The lowest BCUT2D eigenvalue weighted by molar-refractivity contribution is -0.127. The molecule has 4 rings (SSSR count). The minimum absolute atomic E-state index is 0.0232. The van der Waals surface area contributed by atoms with Gasteiger partial charge in [0.25, 0.3) is 0 Å². The normalized spacial score (nSPS) is 20.0. The van der Waals surface area contributed by atoms with Crippen LogP contribution in [-0.2, 0) is 29.1 Å². The van der Waals surface area contributed by atoms with Crippen LogP contribution in [0.5, 0.6) is 0 Å². The van der Waals surface area contributed by atoms with Gasteiger partial charge in [-0.05, 0) is 35.4 Å². The maximum Gasteiger partial charge on any atom is 0.223 e. The zero-order valence-corrected chi connectivity index (χ0v) is 18.2. The Morgan fingerprint density at radius 2 is 1.84 bits per heavy atom. The molecule has 1 aliphatic heterocycles. The molecular formula is C25H30N4O2. The molecule has 2 heterocycles. The van der Waals surface area contributed by atoms with Gasteiger partial charge < -0.3 is 10.1 Å². The van der Waals surface area contributed by atoms with Crippen LogP contribution in [0.25, 0.3) is 11.1 Å². The van der Waals surface area contributed by atoms with E-state index in [1.165, 1.54) is 11.1 Å². The zero-order chi connectivity index (χ0) is 21.6. The van der Waals surface area contributed by atoms with Gasteiger partial charge in [0.1, 0.15) is 5.69 Å². The van der Waals surface area contributed by atoms with Gasteiger partial charge in [-0.3, -0.25) is 9.48 Å². The van der Waals surface area contributed by atoms with Crippen LogP contribution in [0.3, 0.4) is 0 Å². The van der Waals surface area contributed by atoms with Crippen LogP contribution >= 0.6 is 0 Å². The van der Waals surface area contributed by atoms with Crippen LogP contribution < -0.4 is 5.32 Å². The van der Waals surface area contributed by atoms with E-state index >= 15 is 0 Å². The summed E-state index contributed by atoms with van der Waals surface area (Å²) in [5.41, 5.74) is 4.35. The Morgan fingerprint density at radius 3 is 2.58 bits per heavy atom. The van der Waals surface area contributed by atoms with Crippen molar-refractivity contribution in [1.29, 1.82) is 0 Å². The van der Waals surface area contributed by atoms with E-state index in [0.717, 1.165) is 11.3 Å². The summed E-state index contributed by atoms with van der Waals surface area (Å²) in [5, 5.41) is 11.6. The summed E-state index contributed by atoms with van der Waals surface area (Å²) in [6.07, 6.45) is 3.31. The second kappa shape index (κ2) is 9.88. The summed E-state index contributed by atoms with van der Waals surface area (Å²) >= 11 is 0. The van der Waals surface area contributed by atoms with Gasteiger partial charge in [-0.25, -0.2) is 0 Å². The zero-order valence-electron chi connectivity index (χ0n) is 18.2. The lowest BCUT2D eigenvalue weighted by Crippen LogP contribution is -2.45. The lowest BCUT2D eigenvalue weighted by atomic mass is 9.93. The Morgan fingerprint density at radius 1 is 1.10 bits per heavy atom. The molecule has 0 saturated carbocycles. The highest BCUT2D eigenvalue weighted by Gasteiger charge is 2.24. The predicted octanol–water partition coefficient (Wildman–Crippen LogP) is 3.87. The Balaban J connectivity index is 1.51. The van der Waals surface area contributed by atoms with Crippen molar-refractivity contribution in [2.75, 3.05) is 6.61 Å². The van der Waals surface area contributed by atoms with Crippen LogP contribution in [-0.4, -0.2) is 33.5 Å². The quantitative estimate of drug-likeness (QED) is 0.698. The molecule has 0 saturated heterocycles. The van der Waals surface area contributed by atoms with E-state index in [1.54, 1.807) is 4.68 Å². The highest BCUT2D eigenvalue weighted by molar-refractivity contribution is 5.79. The van der Waals surface area contributed by atoms with Gasteiger partial charge in [0.05, 0.1) is 25.5 Å². The van der Waals surface area contributed by atoms with Crippen LogP contribution in [0.15, 0.2) is 60.8 Å². The number of aryl methyl sites for hydroxylation is 1. The molecule has 6 nitrogen and oxygen atoms in total. The fourth-order valence-corrected chi connectivity index (χ4v) is 3.87. The molecule has 2 aromatic carbocycles. The predicted molar refractivity (Wildman–Crippen MR) is 120 cm³/mol. The number of fused-ring (bicyclic) bond motifs is 2. The van der Waals surface area contributed by atoms with Crippen molar-refractivity contribution in [2.45, 2.75) is 45.9 Å². The molecule has 6 heteroatoms. The Labute approximate surface area is 183 Å². The van der Waals surface area contributed by atoms with E-state index in [1.807, 2.05) is 24.4 Å². The summed E-state index contributed by atoms with van der Waals surface area (Å²) in [7, 11) is 0. The first-order valence-electron chi connectivity index (χ1n) is 11.0. The molecule has 0 spiro atoms. The van der Waals surface area contributed by atoms with Gasteiger partial charge in [0.15, 0.2) is 0 Å². The molecule has 1 aromatic heterocycles. The molecular weight excluding hydrogens is 388 g/mol. The van der Waals surface area contributed by atoms with Crippen LogP contribution in [0.4, 0.5) is 0 Å². The number of aromatic nitrogens is 3. The summed E-state index contributed by atoms with van der Waals surface area (Å²) in [6.45, 7) is 5.74. The Bertz CT molecular complexity index is 982. The molecule has 2 atom stereocenters. The fourth-order valence-electron chi connectivity index (χ4n) is 3.87. The van der Waals surface area contributed by atoms with Crippen molar-refractivity contribution in [2.24, 2.45) is 11.8 Å². The fraction of sp³-hybridized carbons (Fsp3) is 0.400. The molecule has 31 heavy (non-hydrogen) atoms. The molecule has 0 radical (unpaired) electrons. The first-order chi connectivity index (χ1) is 15.1. The molecule has 1 amide bonds. The summed E-state index contributed by atoms with van der Waals surface area (Å²) in [6, 6.07) is 18.8. The monoisotopic (exact) mass is 418 g/mol. The number of ether oxygens (including phenoxy) is 1. The third-order valence-electron chi connectivity index (χ3n) is 5.89. The Kier molecular flexibility index (Phi) is 6.77. The second-order valence-electron chi connectivity index (χ2n) is 8.60. The van der Waals surface area contributed by atoms with Gasteiger partial charge in [-0.15, -0.1) is 5.10 Å². The van der Waals surface area contributed by atoms with Crippen molar-refractivity contribution >= 4 is 5.91 Å². The molecule has 1 aliphatic rings. The van der Waals surface area contributed by atoms with Crippen LogP contribution in [0, 0.1) is 11.8 Å². The third-order valence-corrected chi connectivity index (χ3v) is 5.89. The smallest absolute Gasteiger partial charge is 0.223 e. The number of nitrogens with zero attached hydrogens (tertiary/aromatic N) is 3. The van der Waals surface area contributed by atoms with Crippen molar-refractivity contribution in [3.05, 3.63) is 72.1 Å². The maximum atomic E-state index is 13.2. The first-order valence-corrected chi connectivity index (χ1v) is 11.0. The summed E-state index contributed by atoms with van der Waals surface area (Å²) < 4.78 is 7.61. The van der Waals surface area contributed by atoms with Gasteiger partial charge in [-0.1, -0.05) is 73.7 Å². The topological polar surface area (TPSA) is 69.0 Å². The average molecular weight is 419 g/mol. The minimum Gasteiger partial charge on any atom is -0.373 e. The highest BCUT2D eigenvalue weighted by Crippen LogP contribution is 2.22. The second-order valence-corrected chi connectivity index (χ2v) is 8.60. The third kappa shape index (κ3) is 5.58. The summed E-state index contributed by atoms with van der Waals surface area (Å²) in [4.78, 5) is 13.2. The van der Waals surface area contributed by atoms with Crippen LogP contribution in [0.2, 0.25) is 0 Å². The van der Waals surface area contributed by atoms with E-state index in [0.29, 0.717) is 32.6 Å². The number of rotatable bonds is 4. The number of carbonyl (C=O) groups excluding carboxylic acids is 1. The highest BCUT2D eigenvalue weighted by atomic mass is 16.5. The molecule has 1 N–H and O–H groups in total. The van der Waals surface area contributed by atoms with Crippen molar-refractivity contribution in [3.63, 3.8) is 0 Å². The van der Waals surface area contributed by atoms with Crippen LogP contribution in [0.1, 0.15) is 31.5 Å². The van der Waals surface area contributed by atoms with Crippen molar-refractivity contribution < 1.29 is 9.53 Å². The van der Waals surface area contributed by atoms with Gasteiger partial charge in [-0.2, -0.15) is 0 Å². The average Bonchev–Trinajstić information content (AvgIpc) is 3.24. The van der Waals surface area contributed by atoms with E-state index in [-0.39, 0.29) is 23.8 Å². The number of benzene rings is 2. The van der Waals surface area contributed by atoms with E-state index in [4.69, 9.17) is 4.74 Å². The standard InChI is InChI=1S/C25H30N4O2/c1-18(2)24-17-31-16-23-15-29(28-27-23)13-12-22(25(30)26-24)14-19-8-10-21(11-9-19)20-6-4-3-5-7-20/h3-11,15,18,22,24H,12-14,16-17H2,1-2H3,(H,26,30)/t22-,24-/m0/s1. The van der Waals surface area contributed by atoms with E-state index in [2.05, 4.69) is 65.9 Å². The first kappa shape index (κ1) is 21.2. The summed E-state index contributed by atoms with van der Waals surface area (Å²) in [5.74, 6) is 0.222. The molecule has 0 aliphatic carbocycles. The molecule has 162 valence electrons. The lowest BCUT2D eigenvalue weighted by Gasteiger charge is -2.26. The number of hydrogen-bond acceptors (Lipinski definition) is 4. The molecule has 0 fully saturated rings. The largest absolute Gasteiger partial charge is 0.373 e. The van der Waals surface area contributed by atoms with Crippen molar-refractivity contribution in [3.8, 4) is 11.1 Å².